The van der Waals surface area contributed by atoms with E-state index < -0.39 is 0 Å². The first-order chi connectivity index (χ1) is 12.3. The third-order valence-corrected chi connectivity index (χ3v) is 5.01. The average Bonchev–Trinajstić information content (AvgIpc) is 3.12. The molecule has 1 saturated heterocycles. The van der Waals surface area contributed by atoms with Crippen molar-refractivity contribution in [3.8, 4) is 0 Å². The Morgan fingerprint density at radius 2 is 1.88 bits per heavy atom. The average molecular weight is 353 g/mol. The summed E-state index contributed by atoms with van der Waals surface area (Å²) in [6, 6.07) is 16.2. The van der Waals surface area contributed by atoms with Gasteiger partial charge in [-0.25, -0.2) is 0 Å². The third kappa shape index (κ3) is 3.20. The second kappa shape index (κ2) is 6.98. The van der Waals surface area contributed by atoms with Gasteiger partial charge in [0.25, 0.3) is 0 Å². The molecule has 2 aliphatic rings. The number of benzene rings is 2. The fourth-order valence-corrected chi connectivity index (χ4v) is 3.69. The molecule has 2 aromatic rings. The van der Waals surface area contributed by atoms with Gasteiger partial charge in [0.15, 0.2) is 6.17 Å². The van der Waals surface area contributed by atoms with Crippen LogP contribution in [0.25, 0.3) is 0 Å². The van der Waals surface area contributed by atoms with Crippen molar-refractivity contribution in [2.75, 3.05) is 25.5 Å². The van der Waals surface area contributed by atoms with Gasteiger partial charge in [-0.1, -0.05) is 41.9 Å². The van der Waals surface area contributed by atoms with E-state index in [1.807, 2.05) is 43.4 Å². The summed E-state index contributed by atoms with van der Waals surface area (Å²) in [5.41, 5.74) is 4.06. The number of hydrogen-bond acceptors (Lipinski definition) is 3. The van der Waals surface area contributed by atoms with Crippen LogP contribution in [0.1, 0.15) is 24.0 Å². The van der Waals surface area contributed by atoms with Crippen LogP contribution in [0.2, 0.25) is 5.02 Å². The van der Waals surface area contributed by atoms with E-state index in [9.17, 15) is 0 Å². The number of anilines is 1. The van der Waals surface area contributed by atoms with Gasteiger partial charge >= 0.3 is 0 Å². The highest BCUT2D eigenvalue weighted by Crippen LogP contribution is 2.29. The SMILES string of the molecule is CN=C1Nc2ccc(Cl)cc2C(c2ccccc2)=NC1N1CCCC1. The highest BCUT2D eigenvalue weighted by atomic mass is 35.5. The van der Waals surface area contributed by atoms with Crippen LogP contribution in [0.4, 0.5) is 5.69 Å². The zero-order chi connectivity index (χ0) is 17.2. The maximum absolute atomic E-state index is 6.29. The number of nitrogens with one attached hydrogen (secondary N) is 1. The van der Waals surface area contributed by atoms with Crippen LogP contribution in [-0.2, 0) is 0 Å². The Labute approximate surface area is 153 Å². The molecule has 0 aliphatic carbocycles. The number of benzodiazepines with no additional fused rings is 1. The van der Waals surface area contributed by atoms with Crippen LogP contribution in [0.15, 0.2) is 58.5 Å². The number of halogens is 1. The van der Waals surface area contributed by atoms with Crippen LogP contribution in [0.5, 0.6) is 0 Å². The molecular weight excluding hydrogens is 332 g/mol. The summed E-state index contributed by atoms with van der Waals surface area (Å²) in [5, 5.41) is 4.21. The third-order valence-electron chi connectivity index (χ3n) is 4.77. The molecule has 4 nitrogen and oxygen atoms in total. The standard InChI is InChI=1S/C20H21ClN4/c1-22-19-20(25-11-5-6-12-25)24-18(14-7-3-2-4-8-14)16-13-15(21)9-10-17(16)23-19/h2-4,7-10,13,20H,5-6,11-12H2,1H3,(H,22,23). The smallest absolute Gasteiger partial charge is 0.161 e. The zero-order valence-corrected chi connectivity index (χ0v) is 15.0. The first kappa shape index (κ1) is 16.3. The molecule has 0 amide bonds. The number of aliphatic imine (C=N–C) groups is 2. The summed E-state index contributed by atoms with van der Waals surface area (Å²) in [6.07, 6.45) is 2.33. The topological polar surface area (TPSA) is 40.0 Å². The number of amidine groups is 1. The monoisotopic (exact) mass is 352 g/mol. The number of fused-ring (bicyclic) bond motifs is 1. The van der Waals surface area contributed by atoms with Crippen molar-refractivity contribution in [2.45, 2.75) is 19.0 Å². The van der Waals surface area contributed by atoms with Crippen molar-refractivity contribution in [2.24, 2.45) is 9.98 Å². The van der Waals surface area contributed by atoms with Crippen LogP contribution in [0, 0.1) is 0 Å². The summed E-state index contributed by atoms with van der Waals surface area (Å²) in [6.45, 7) is 2.10. The Morgan fingerprint density at radius 3 is 2.60 bits per heavy atom. The molecule has 1 N–H and O–H groups in total. The van der Waals surface area contributed by atoms with Gasteiger partial charge in [0, 0.05) is 42.0 Å². The van der Waals surface area contributed by atoms with Gasteiger partial charge in [0.1, 0.15) is 5.84 Å². The van der Waals surface area contributed by atoms with E-state index >= 15 is 0 Å². The summed E-state index contributed by atoms with van der Waals surface area (Å²) >= 11 is 6.29. The molecule has 1 atom stereocenters. The van der Waals surface area contributed by atoms with E-state index in [2.05, 4.69) is 27.3 Å². The molecule has 0 aromatic heterocycles. The molecule has 0 spiro atoms. The van der Waals surface area contributed by atoms with E-state index in [1.165, 1.54) is 12.8 Å². The minimum absolute atomic E-state index is 0.0890. The largest absolute Gasteiger partial charge is 0.341 e. The minimum atomic E-state index is -0.0890. The van der Waals surface area contributed by atoms with Crippen molar-refractivity contribution in [1.82, 2.24) is 4.90 Å². The van der Waals surface area contributed by atoms with Crippen molar-refractivity contribution >= 4 is 28.8 Å². The molecule has 128 valence electrons. The highest BCUT2D eigenvalue weighted by molar-refractivity contribution is 6.32. The lowest BCUT2D eigenvalue weighted by molar-refractivity contribution is 0.306. The molecule has 0 bridgehead atoms. The molecule has 0 radical (unpaired) electrons. The van der Waals surface area contributed by atoms with Gasteiger partial charge in [-0.3, -0.25) is 14.9 Å². The molecule has 4 rings (SSSR count). The Balaban J connectivity index is 1.90. The summed E-state index contributed by atoms with van der Waals surface area (Å²) in [5.74, 6) is 0.886. The summed E-state index contributed by atoms with van der Waals surface area (Å²) in [7, 11) is 1.82. The van der Waals surface area contributed by atoms with Gasteiger partial charge in [0.2, 0.25) is 0 Å². The Morgan fingerprint density at radius 1 is 1.12 bits per heavy atom. The van der Waals surface area contributed by atoms with Crippen molar-refractivity contribution in [3.05, 3.63) is 64.7 Å². The second-order valence-corrected chi connectivity index (χ2v) is 6.82. The van der Waals surface area contributed by atoms with Gasteiger partial charge < -0.3 is 5.32 Å². The van der Waals surface area contributed by atoms with E-state index in [-0.39, 0.29) is 6.17 Å². The Kier molecular flexibility index (Phi) is 4.55. The van der Waals surface area contributed by atoms with E-state index in [1.54, 1.807) is 0 Å². The van der Waals surface area contributed by atoms with Crippen molar-refractivity contribution in [3.63, 3.8) is 0 Å². The predicted octanol–water partition coefficient (Wildman–Crippen LogP) is 4.05. The fraction of sp³-hybridized carbons (Fsp3) is 0.300. The van der Waals surface area contributed by atoms with Crippen LogP contribution in [0.3, 0.4) is 0 Å². The zero-order valence-electron chi connectivity index (χ0n) is 14.2. The van der Waals surface area contributed by atoms with Crippen LogP contribution >= 0.6 is 11.6 Å². The molecule has 2 heterocycles. The van der Waals surface area contributed by atoms with E-state index in [4.69, 9.17) is 16.6 Å². The Hall–Kier alpha value is -2.17. The molecule has 25 heavy (non-hydrogen) atoms. The molecular formula is C20H21ClN4. The van der Waals surface area contributed by atoms with Crippen LogP contribution in [-0.4, -0.2) is 42.8 Å². The molecule has 1 fully saturated rings. The normalized spacial score (nSPS) is 22.2. The van der Waals surface area contributed by atoms with E-state index in [0.29, 0.717) is 5.02 Å². The van der Waals surface area contributed by atoms with Gasteiger partial charge in [-0.2, -0.15) is 0 Å². The van der Waals surface area contributed by atoms with Crippen molar-refractivity contribution < 1.29 is 0 Å². The number of rotatable bonds is 2. The molecule has 5 heteroatoms. The maximum atomic E-state index is 6.29. The van der Waals surface area contributed by atoms with Gasteiger partial charge in [0.05, 0.1) is 5.71 Å². The fourth-order valence-electron chi connectivity index (χ4n) is 3.52. The Bertz CT molecular complexity index is 823. The summed E-state index contributed by atoms with van der Waals surface area (Å²) in [4.78, 5) is 12.1. The first-order valence-corrected chi connectivity index (χ1v) is 9.05. The molecule has 2 aromatic carbocycles. The molecule has 2 aliphatic heterocycles. The first-order valence-electron chi connectivity index (χ1n) is 8.67. The van der Waals surface area contributed by atoms with Crippen molar-refractivity contribution in [1.29, 1.82) is 0 Å². The van der Waals surface area contributed by atoms with Crippen LogP contribution < -0.4 is 5.32 Å². The lowest BCUT2D eigenvalue weighted by atomic mass is 10.0. The number of likely N-dealkylation sites (tertiary alicyclic amines) is 1. The van der Waals surface area contributed by atoms with Gasteiger partial charge in [-0.15, -0.1) is 0 Å². The maximum Gasteiger partial charge on any atom is 0.161 e. The minimum Gasteiger partial charge on any atom is -0.341 e. The summed E-state index contributed by atoms with van der Waals surface area (Å²) < 4.78 is 0. The molecule has 0 saturated carbocycles. The lowest BCUT2D eigenvalue weighted by Crippen LogP contribution is -2.41. The number of nitrogens with zero attached hydrogens (tertiary/aromatic N) is 3. The highest BCUT2D eigenvalue weighted by Gasteiger charge is 2.30. The van der Waals surface area contributed by atoms with E-state index in [0.717, 1.165) is 41.5 Å². The lowest BCUT2D eigenvalue weighted by Gasteiger charge is -2.24. The molecule has 1 unspecified atom stereocenters. The second-order valence-electron chi connectivity index (χ2n) is 6.38. The quantitative estimate of drug-likeness (QED) is 0.885. The number of hydrogen-bond donors (Lipinski definition) is 1. The van der Waals surface area contributed by atoms with Gasteiger partial charge in [-0.05, 0) is 31.0 Å². The predicted molar refractivity (Wildman–Crippen MR) is 105 cm³/mol.